The molecule has 0 saturated heterocycles. The van der Waals surface area contributed by atoms with Crippen molar-refractivity contribution in [3.05, 3.63) is 11.8 Å². The number of nitrogens with one attached hydrogen (secondary N) is 1. The first kappa shape index (κ1) is 64.3. The van der Waals surface area contributed by atoms with Crippen LogP contribution in [-0.2, 0) is 18.9 Å². The summed E-state index contributed by atoms with van der Waals surface area (Å²) >= 11 is 0. The third-order valence-electron chi connectivity index (χ3n) is 12.8. The van der Waals surface area contributed by atoms with E-state index in [-0.39, 0.29) is 0 Å². The summed E-state index contributed by atoms with van der Waals surface area (Å²) in [6.45, 7) is 29.2. The van der Waals surface area contributed by atoms with E-state index in [1.807, 2.05) is 20.0 Å². The third kappa shape index (κ3) is 51.0. The quantitative estimate of drug-likeness (QED) is 0.0468. The van der Waals surface area contributed by atoms with E-state index in [4.69, 9.17) is 18.9 Å². The molecule has 0 heterocycles. The second-order valence-corrected chi connectivity index (χ2v) is 24.2. The van der Waals surface area contributed by atoms with Crippen LogP contribution in [0, 0.1) is 16.2 Å². The van der Waals surface area contributed by atoms with Gasteiger partial charge in [0.15, 0.2) is 0 Å². The molecule has 0 saturated carbocycles. The second-order valence-electron chi connectivity index (χ2n) is 24.2. The highest BCUT2D eigenvalue weighted by molar-refractivity contribution is 4.91. The first-order chi connectivity index (χ1) is 30.9. The van der Waals surface area contributed by atoms with Gasteiger partial charge in [0.25, 0.3) is 5.97 Å². The largest absolute Gasteiger partial charge is 0.389 e. The smallest absolute Gasteiger partial charge is 0.282 e. The summed E-state index contributed by atoms with van der Waals surface area (Å²) in [5, 5.41) is 13.2. The average molecular weight is 923 g/mol. The standard InChI is InChI=1S/C59H119NO5/c1-54(2)51-60-52-55(61)53-62-47-39-31-23-15-13-12-14-22-30-38-46-59(63-48-40-32-24-16-19-27-35-43-56(3,4)5,64-49-41-33-25-17-20-28-36-44-57(6,7)8)65-50-42-34-26-18-21-29-37-45-58(9,10)11/h51,55,60-61H,12-50,52-53H2,1-11H3. The van der Waals surface area contributed by atoms with E-state index in [1.165, 1.54) is 192 Å². The number of hydrogen-bond acceptors (Lipinski definition) is 6. The molecule has 0 aliphatic rings. The molecule has 0 aromatic carbocycles. The summed E-state index contributed by atoms with van der Waals surface area (Å²) in [5.41, 5.74) is 2.58. The molecule has 1 atom stereocenters. The Balaban J connectivity index is 4.96. The normalized spacial score (nSPS) is 13.2. The molecule has 6 heteroatoms. The molecule has 0 aromatic rings. The molecule has 6 nitrogen and oxygen atoms in total. The first-order valence-electron chi connectivity index (χ1n) is 28.5. The van der Waals surface area contributed by atoms with E-state index in [9.17, 15) is 5.11 Å². The molecular weight excluding hydrogens is 803 g/mol. The molecule has 0 aliphatic carbocycles. The fraction of sp³-hybridized carbons (Fsp3) is 0.966. The van der Waals surface area contributed by atoms with Gasteiger partial charge in [-0.3, -0.25) is 0 Å². The Morgan fingerprint density at radius 3 is 0.938 bits per heavy atom. The molecule has 390 valence electrons. The van der Waals surface area contributed by atoms with Crippen LogP contribution in [0.2, 0.25) is 0 Å². The molecule has 0 fully saturated rings. The van der Waals surface area contributed by atoms with Gasteiger partial charge in [0.05, 0.1) is 32.5 Å². The Kier molecular flexibility index (Phi) is 41.8. The molecule has 0 aromatic heterocycles. The maximum Gasteiger partial charge on any atom is 0.282 e. The number of aliphatic hydroxyl groups is 1. The lowest BCUT2D eigenvalue weighted by Crippen LogP contribution is -2.40. The summed E-state index contributed by atoms with van der Waals surface area (Å²) in [6, 6.07) is 0. The molecule has 0 radical (unpaired) electrons. The number of hydrogen-bond donors (Lipinski definition) is 2. The minimum Gasteiger partial charge on any atom is -0.389 e. The predicted octanol–water partition coefficient (Wildman–Crippen LogP) is 18.4. The van der Waals surface area contributed by atoms with E-state index in [0.717, 1.165) is 65.0 Å². The SMILES string of the molecule is CC(C)=CNCC(O)COCCCCCCCCCCCCC(OCCCCCCCCCC(C)(C)C)(OCCCCCCCCCC(C)(C)C)OCCCCCCCCCC(C)(C)C. The van der Waals surface area contributed by atoms with Gasteiger partial charge >= 0.3 is 0 Å². The molecule has 0 amide bonds. The summed E-state index contributed by atoms with van der Waals surface area (Å²) < 4.78 is 26.0. The zero-order valence-electron chi connectivity index (χ0n) is 46.2. The highest BCUT2D eigenvalue weighted by atomic mass is 16.9. The van der Waals surface area contributed by atoms with Gasteiger partial charge in [-0.15, -0.1) is 0 Å². The number of rotatable bonds is 48. The lowest BCUT2D eigenvalue weighted by Gasteiger charge is -2.34. The highest BCUT2D eigenvalue weighted by Gasteiger charge is 2.33. The summed E-state index contributed by atoms with van der Waals surface area (Å²) in [6.07, 6.45) is 45.9. The fourth-order valence-electron chi connectivity index (χ4n) is 8.59. The van der Waals surface area contributed by atoms with Crippen molar-refractivity contribution in [1.82, 2.24) is 5.32 Å². The van der Waals surface area contributed by atoms with Crippen LogP contribution in [0.25, 0.3) is 0 Å². The summed E-state index contributed by atoms with van der Waals surface area (Å²) in [7, 11) is 0. The molecule has 0 bridgehead atoms. The zero-order valence-corrected chi connectivity index (χ0v) is 46.2. The topological polar surface area (TPSA) is 69.2 Å². The van der Waals surface area contributed by atoms with Gasteiger partial charge in [0, 0.05) is 19.6 Å². The highest BCUT2D eigenvalue weighted by Crippen LogP contribution is 2.28. The van der Waals surface area contributed by atoms with Crippen LogP contribution in [0.5, 0.6) is 0 Å². The van der Waals surface area contributed by atoms with Crippen LogP contribution in [0.3, 0.4) is 0 Å². The maximum atomic E-state index is 10.0. The van der Waals surface area contributed by atoms with E-state index in [2.05, 4.69) is 67.6 Å². The Bertz CT molecular complexity index is 936. The summed E-state index contributed by atoms with van der Waals surface area (Å²) in [5.74, 6) is -0.892. The minimum atomic E-state index is -0.892. The monoisotopic (exact) mass is 922 g/mol. The molecule has 1 unspecified atom stereocenters. The Hall–Kier alpha value is -0.660. The van der Waals surface area contributed by atoms with E-state index < -0.39 is 12.1 Å². The van der Waals surface area contributed by atoms with Gasteiger partial charge < -0.3 is 29.4 Å². The van der Waals surface area contributed by atoms with Crippen LogP contribution in [0.1, 0.15) is 301 Å². The molecular formula is C59H119NO5. The Morgan fingerprint density at radius 1 is 0.385 bits per heavy atom. The summed E-state index contributed by atoms with van der Waals surface area (Å²) in [4.78, 5) is 0. The third-order valence-corrected chi connectivity index (χ3v) is 12.8. The molecule has 2 N–H and O–H groups in total. The molecule has 0 rings (SSSR count). The lowest BCUT2D eigenvalue weighted by molar-refractivity contribution is -0.384. The number of aliphatic hydroxyl groups excluding tert-OH is 1. The van der Waals surface area contributed by atoms with Gasteiger partial charge in [0.1, 0.15) is 0 Å². The zero-order chi connectivity index (χ0) is 48.4. The van der Waals surface area contributed by atoms with Gasteiger partial charge in [-0.1, -0.05) is 235 Å². The van der Waals surface area contributed by atoms with E-state index >= 15 is 0 Å². The van der Waals surface area contributed by atoms with Gasteiger partial charge in [-0.25, -0.2) is 0 Å². The van der Waals surface area contributed by atoms with E-state index in [0.29, 0.717) is 29.4 Å². The van der Waals surface area contributed by atoms with Gasteiger partial charge in [0.2, 0.25) is 0 Å². The minimum absolute atomic E-state index is 0.407. The van der Waals surface area contributed by atoms with Gasteiger partial charge in [-0.05, 0) is 87.7 Å². The number of allylic oxidation sites excluding steroid dienone is 1. The second kappa shape index (κ2) is 42.2. The van der Waals surface area contributed by atoms with Crippen LogP contribution in [0.15, 0.2) is 11.8 Å². The van der Waals surface area contributed by atoms with Crippen molar-refractivity contribution >= 4 is 0 Å². The fourth-order valence-corrected chi connectivity index (χ4v) is 8.59. The van der Waals surface area contributed by atoms with Crippen molar-refractivity contribution in [3.63, 3.8) is 0 Å². The molecule has 0 aliphatic heterocycles. The molecule has 65 heavy (non-hydrogen) atoms. The van der Waals surface area contributed by atoms with Crippen molar-refractivity contribution in [2.45, 2.75) is 313 Å². The van der Waals surface area contributed by atoms with Gasteiger partial charge in [-0.2, -0.15) is 0 Å². The van der Waals surface area contributed by atoms with Crippen LogP contribution >= 0.6 is 0 Å². The van der Waals surface area contributed by atoms with Crippen molar-refractivity contribution in [2.75, 3.05) is 39.6 Å². The lowest BCUT2D eigenvalue weighted by atomic mass is 9.89. The van der Waals surface area contributed by atoms with Crippen molar-refractivity contribution in [3.8, 4) is 0 Å². The Labute approximate surface area is 408 Å². The predicted molar refractivity (Wildman–Crippen MR) is 285 cm³/mol. The van der Waals surface area contributed by atoms with Crippen molar-refractivity contribution in [1.29, 1.82) is 0 Å². The average Bonchev–Trinajstić information content (AvgIpc) is 3.21. The van der Waals surface area contributed by atoms with Crippen molar-refractivity contribution in [2.24, 2.45) is 16.2 Å². The van der Waals surface area contributed by atoms with Crippen LogP contribution in [-0.4, -0.2) is 56.8 Å². The first-order valence-corrected chi connectivity index (χ1v) is 28.5. The van der Waals surface area contributed by atoms with Crippen LogP contribution < -0.4 is 5.32 Å². The van der Waals surface area contributed by atoms with Crippen LogP contribution in [0.4, 0.5) is 0 Å². The van der Waals surface area contributed by atoms with Crippen molar-refractivity contribution < 1.29 is 24.1 Å². The molecule has 0 spiro atoms. The Morgan fingerprint density at radius 2 is 0.646 bits per heavy atom. The number of unbranched alkanes of at least 4 members (excludes halogenated alkanes) is 27. The maximum absolute atomic E-state index is 10.0. The number of ether oxygens (including phenoxy) is 4. The van der Waals surface area contributed by atoms with E-state index in [1.54, 1.807) is 0 Å².